The molecule has 0 saturated carbocycles. The number of nitrogens with one attached hydrogen (secondary N) is 1. The lowest BCUT2D eigenvalue weighted by Crippen LogP contribution is -2.32. The van der Waals surface area contributed by atoms with Gasteiger partial charge in [0.15, 0.2) is 5.78 Å². The summed E-state index contributed by atoms with van der Waals surface area (Å²) in [5, 5.41) is 6.11. The molecule has 1 N–H and O–H groups in total. The van der Waals surface area contributed by atoms with Crippen LogP contribution in [0.2, 0.25) is 0 Å². The number of allylic oxidation sites excluding steroid dienone is 1. The van der Waals surface area contributed by atoms with Gasteiger partial charge < -0.3 is 10.1 Å². The molecule has 3 heteroatoms. The number of hydrogen-bond donors (Lipinski definition) is 1. The number of hydrogen-bond acceptors (Lipinski definition) is 3. The van der Waals surface area contributed by atoms with Gasteiger partial charge in [-0.1, -0.05) is 50.2 Å². The molecule has 2 aliphatic rings. The van der Waals surface area contributed by atoms with E-state index in [0.717, 1.165) is 34.6 Å². The lowest BCUT2D eigenvalue weighted by Gasteiger charge is -2.40. The number of anilines is 1. The van der Waals surface area contributed by atoms with E-state index in [1.807, 2.05) is 19.1 Å². The van der Waals surface area contributed by atoms with E-state index >= 15 is 0 Å². The van der Waals surface area contributed by atoms with Crippen LogP contribution >= 0.6 is 0 Å². The third-order valence-electron chi connectivity index (χ3n) is 6.24. The highest BCUT2D eigenvalue weighted by Gasteiger charge is 2.40. The molecule has 3 nitrogen and oxygen atoms in total. The van der Waals surface area contributed by atoms with Crippen molar-refractivity contribution in [1.82, 2.24) is 0 Å². The highest BCUT2D eigenvalue weighted by molar-refractivity contribution is 6.25. The van der Waals surface area contributed by atoms with E-state index in [-0.39, 0.29) is 17.2 Å². The minimum Gasteiger partial charge on any atom is -0.494 e. The van der Waals surface area contributed by atoms with Gasteiger partial charge in [0, 0.05) is 23.2 Å². The van der Waals surface area contributed by atoms with E-state index in [2.05, 4.69) is 67.7 Å². The molecule has 5 rings (SSSR count). The Kier molecular flexibility index (Phi) is 4.43. The first-order valence-electron chi connectivity index (χ1n) is 10.7. The Balaban J connectivity index is 1.69. The maximum Gasteiger partial charge on any atom is 0.164 e. The monoisotopic (exact) mass is 397 g/mol. The molecule has 152 valence electrons. The van der Waals surface area contributed by atoms with Crippen LogP contribution in [0.25, 0.3) is 16.3 Å². The number of carbonyl (C=O) groups excluding carboxylic acids is 1. The number of fused-ring (bicyclic) bond motifs is 3. The van der Waals surface area contributed by atoms with Crippen molar-refractivity contribution in [3.63, 3.8) is 0 Å². The van der Waals surface area contributed by atoms with Gasteiger partial charge in [0.2, 0.25) is 0 Å². The maximum absolute atomic E-state index is 13.4. The van der Waals surface area contributed by atoms with Gasteiger partial charge in [-0.25, -0.2) is 0 Å². The second-order valence-electron chi connectivity index (χ2n) is 9.17. The molecule has 1 heterocycles. The van der Waals surface area contributed by atoms with Crippen LogP contribution in [-0.4, -0.2) is 12.4 Å². The summed E-state index contributed by atoms with van der Waals surface area (Å²) in [4.78, 5) is 13.4. The molecule has 0 aromatic heterocycles. The zero-order chi connectivity index (χ0) is 20.9. The van der Waals surface area contributed by atoms with Gasteiger partial charge in [0.25, 0.3) is 0 Å². The van der Waals surface area contributed by atoms with E-state index < -0.39 is 0 Å². The Morgan fingerprint density at radius 1 is 1.00 bits per heavy atom. The summed E-state index contributed by atoms with van der Waals surface area (Å²) in [7, 11) is 0. The average molecular weight is 398 g/mol. The molecule has 0 fully saturated rings. The Morgan fingerprint density at radius 3 is 2.40 bits per heavy atom. The average Bonchev–Trinajstić information content (AvgIpc) is 2.71. The first-order valence-corrected chi connectivity index (χ1v) is 10.7. The van der Waals surface area contributed by atoms with Crippen LogP contribution in [0.3, 0.4) is 0 Å². The molecule has 0 bridgehead atoms. The second-order valence-corrected chi connectivity index (χ2v) is 9.17. The van der Waals surface area contributed by atoms with Crippen molar-refractivity contribution in [1.29, 1.82) is 0 Å². The molecule has 0 spiro atoms. The molecule has 1 aliphatic carbocycles. The van der Waals surface area contributed by atoms with Crippen LogP contribution in [0.4, 0.5) is 5.69 Å². The number of benzene rings is 3. The maximum atomic E-state index is 13.4. The highest BCUT2D eigenvalue weighted by atomic mass is 16.5. The van der Waals surface area contributed by atoms with Crippen molar-refractivity contribution in [3.8, 4) is 5.75 Å². The molecule has 1 aliphatic heterocycles. The van der Waals surface area contributed by atoms with Crippen LogP contribution in [0.5, 0.6) is 5.75 Å². The molecule has 0 saturated heterocycles. The summed E-state index contributed by atoms with van der Waals surface area (Å²) in [5.41, 5.74) is 5.35. The number of Topliss-reactive ketones (excluding diaryl/α,β-unsaturated/α-hetero) is 1. The smallest absolute Gasteiger partial charge is 0.164 e. The zero-order valence-corrected chi connectivity index (χ0v) is 17.8. The van der Waals surface area contributed by atoms with Crippen LogP contribution in [0, 0.1) is 5.41 Å². The fraction of sp³-hybridized carbons (Fsp3) is 0.296. The van der Waals surface area contributed by atoms with Crippen molar-refractivity contribution in [2.24, 2.45) is 5.41 Å². The fourth-order valence-corrected chi connectivity index (χ4v) is 4.96. The van der Waals surface area contributed by atoms with Crippen LogP contribution in [0.1, 0.15) is 50.8 Å². The fourth-order valence-electron chi connectivity index (χ4n) is 4.96. The highest BCUT2D eigenvalue weighted by Crippen LogP contribution is 2.50. The number of ketones is 1. The molecule has 1 atom stereocenters. The summed E-state index contributed by atoms with van der Waals surface area (Å²) >= 11 is 0. The predicted octanol–water partition coefficient (Wildman–Crippen LogP) is 6.55. The second kappa shape index (κ2) is 7.02. The lowest BCUT2D eigenvalue weighted by molar-refractivity contribution is -0.116. The van der Waals surface area contributed by atoms with E-state index in [1.165, 1.54) is 16.3 Å². The van der Waals surface area contributed by atoms with Crippen molar-refractivity contribution in [2.75, 3.05) is 11.9 Å². The Hall–Kier alpha value is -3.07. The van der Waals surface area contributed by atoms with E-state index in [1.54, 1.807) is 0 Å². The molecule has 3 aromatic carbocycles. The largest absolute Gasteiger partial charge is 0.494 e. The van der Waals surface area contributed by atoms with Gasteiger partial charge in [-0.2, -0.15) is 0 Å². The van der Waals surface area contributed by atoms with Crippen LogP contribution in [-0.2, 0) is 4.79 Å². The van der Waals surface area contributed by atoms with Crippen molar-refractivity contribution in [3.05, 3.63) is 77.4 Å². The third-order valence-corrected chi connectivity index (χ3v) is 6.24. The molecule has 0 amide bonds. The summed E-state index contributed by atoms with van der Waals surface area (Å²) in [5.74, 6) is 1.13. The van der Waals surface area contributed by atoms with Gasteiger partial charge in [0.1, 0.15) is 5.75 Å². The third kappa shape index (κ3) is 3.19. The van der Waals surface area contributed by atoms with Crippen LogP contribution in [0.15, 0.2) is 66.2 Å². The number of rotatable bonds is 3. The summed E-state index contributed by atoms with van der Waals surface area (Å²) in [6.45, 7) is 7.03. The minimum absolute atomic E-state index is 0.00661. The van der Waals surface area contributed by atoms with Gasteiger partial charge >= 0.3 is 0 Å². The van der Waals surface area contributed by atoms with Gasteiger partial charge in [-0.05, 0) is 64.9 Å². The zero-order valence-electron chi connectivity index (χ0n) is 17.8. The first kappa shape index (κ1) is 18.9. The van der Waals surface area contributed by atoms with Crippen molar-refractivity contribution >= 4 is 27.8 Å². The van der Waals surface area contributed by atoms with Crippen LogP contribution < -0.4 is 10.1 Å². The molecule has 1 unspecified atom stereocenters. The SMILES string of the molecule is CCOc1ccc(C2Nc3cc4ccccc4cc3C3=C2CC(C)(C)CC3=O)cc1. The summed E-state index contributed by atoms with van der Waals surface area (Å²) in [6, 6.07) is 21.0. The van der Waals surface area contributed by atoms with Gasteiger partial charge in [-0.15, -0.1) is 0 Å². The minimum atomic E-state index is -0.0323. The molecule has 3 aromatic rings. The summed E-state index contributed by atoms with van der Waals surface area (Å²) < 4.78 is 5.62. The molecule has 0 radical (unpaired) electrons. The van der Waals surface area contributed by atoms with E-state index in [4.69, 9.17) is 4.74 Å². The Labute approximate surface area is 177 Å². The topological polar surface area (TPSA) is 38.3 Å². The van der Waals surface area contributed by atoms with Crippen molar-refractivity contribution in [2.45, 2.75) is 39.7 Å². The quantitative estimate of drug-likeness (QED) is 0.545. The predicted molar refractivity (Wildman–Crippen MR) is 123 cm³/mol. The molecule has 30 heavy (non-hydrogen) atoms. The summed E-state index contributed by atoms with van der Waals surface area (Å²) in [6.07, 6.45) is 1.50. The number of ether oxygens (including phenoxy) is 1. The van der Waals surface area contributed by atoms with E-state index in [9.17, 15) is 4.79 Å². The van der Waals surface area contributed by atoms with Gasteiger partial charge in [-0.3, -0.25) is 4.79 Å². The first-order chi connectivity index (χ1) is 14.4. The standard InChI is InChI=1S/C27H27NO2/c1-4-30-20-11-9-17(10-12-20)26-22-15-27(2,3)16-24(29)25(22)21-13-18-7-5-6-8-19(18)14-23(21)28-26/h5-14,26,28H,4,15-16H2,1-3H3. The molecular formula is C27H27NO2. The molecular weight excluding hydrogens is 370 g/mol. The van der Waals surface area contributed by atoms with Crippen molar-refractivity contribution < 1.29 is 9.53 Å². The van der Waals surface area contributed by atoms with Gasteiger partial charge in [0.05, 0.1) is 12.6 Å². The van der Waals surface area contributed by atoms with E-state index in [0.29, 0.717) is 13.0 Å². The normalized spacial score (nSPS) is 19.8. The number of carbonyl (C=O) groups is 1. The lowest BCUT2D eigenvalue weighted by atomic mass is 9.68. The Morgan fingerprint density at radius 2 is 1.70 bits per heavy atom. The Bertz CT molecular complexity index is 1170.